The lowest BCUT2D eigenvalue weighted by Crippen LogP contribution is -2.31. The number of hydrogen-bond donors (Lipinski definition) is 1. The van der Waals surface area contributed by atoms with E-state index in [2.05, 4.69) is 14.3 Å². The molecule has 10 nitrogen and oxygen atoms in total. The van der Waals surface area contributed by atoms with E-state index < -0.39 is 11.2 Å². The fourth-order valence-electron chi connectivity index (χ4n) is 4.61. The zero-order valence-electron chi connectivity index (χ0n) is 21.7. The number of aromatic amines is 1. The average molecular weight is 565 g/mol. The van der Waals surface area contributed by atoms with Crippen LogP contribution in [-0.2, 0) is 23.6 Å². The summed E-state index contributed by atoms with van der Waals surface area (Å²) in [5, 5.41) is 0.527. The summed E-state index contributed by atoms with van der Waals surface area (Å²) in [5.41, 5.74) is 3.46. The van der Waals surface area contributed by atoms with Crippen LogP contribution in [0.3, 0.4) is 0 Å². The fourth-order valence-corrected chi connectivity index (χ4v) is 6.32. The van der Waals surface area contributed by atoms with Crippen molar-refractivity contribution in [2.24, 2.45) is 0 Å². The van der Waals surface area contributed by atoms with Gasteiger partial charge in [-0.3, -0.25) is 14.3 Å². The molecule has 2 aromatic carbocycles. The summed E-state index contributed by atoms with van der Waals surface area (Å²) < 4.78 is 17.1. The van der Waals surface area contributed by atoms with Crippen molar-refractivity contribution in [3.8, 4) is 0 Å². The highest BCUT2D eigenvalue weighted by Crippen LogP contribution is 2.31. The summed E-state index contributed by atoms with van der Waals surface area (Å²) in [7, 11) is 0. The first-order valence-electron chi connectivity index (χ1n) is 12.8. The minimum Gasteiger partial charge on any atom is -0.431 e. The van der Waals surface area contributed by atoms with Gasteiger partial charge in [-0.25, -0.2) is 19.1 Å². The predicted molar refractivity (Wildman–Crippen MR) is 152 cm³/mol. The number of morpholine rings is 1. The van der Waals surface area contributed by atoms with Crippen molar-refractivity contribution >= 4 is 46.0 Å². The van der Waals surface area contributed by atoms with Gasteiger partial charge in [0.2, 0.25) is 0 Å². The molecule has 1 N–H and O–H groups in total. The summed E-state index contributed by atoms with van der Waals surface area (Å²) in [6, 6.07) is 14.0. The van der Waals surface area contributed by atoms with E-state index in [4.69, 9.17) is 14.1 Å². The molecule has 0 unspecified atom stereocenters. The van der Waals surface area contributed by atoms with Gasteiger partial charge in [0, 0.05) is 24.5 Å². The van der Waals surface area contributed by atoms with Gasteiger partial charge in [0.1, 0.15) is 11.3 Å². The van der Waals surface area contributed by atoms with Crippen LogP contribution in [0.15, 0.2) is 66.6 Å². The molecular formula is C27H28N6O4S2. The van der Waals surface area contributed by atoms with Crippen LogP contribution in [0.2, 0.25) is 0 Å². The van der Waals surface area contributed by atoms with Crippen molar-refractivity contribution < 1.29 is 9.15 Å². The Bertz CT molecular complexity index is 1750. The first kappa shape index (κ1) is 25.9. The number of thioether (sulfide) groups is 1. The number of hydrogen-bond acceptors (Lipinski definition) is 9. The van der Waals surface area contributed by atoms with Crippen molar-refractivity contribution in [3.63, 3.8) is 0 Å². The number of H-pyrrole nitrogens is 1. The zero-order chi connectivity index (χ0) is 26.9. The van der Waals surface area contributed by atoms with E-state index in [9.17, 15) is 9.59 Å². The van der Waals surface area contributed by atoms with Gasteiger partial charge in [-0.1, -0.05) is 41.6 Å². The number of fused-ring (bicyclic) bond motifs is 2. The van der Waals surface area contributed by atoms with Crippen molar-refractivity contribution in [3.05, 3.63) is 80.3 Å². The first-order valence-corrected chi connectivity index (χ1v) is 14.6. The van der Waals surface area contributed by atoms with Crippen molar-refractivity contribution in [2.45, 2.75) is 42.8 Å². The van der Waals surface area contributed by atoms with Crippen LogP contribution in [0.4, 0.5) is 0 Å². The van der Waals surface area contributed by atoms with Crippen LogP contribution < -0.4 is 11.2 Å². The average Bonchev–Trinajstić information content (AvgIpc) is 3.52. The molecule has 0 saturated carbocycles. The first-order chi connectivity index (χ1) is 19.0. The summed E-state index contributed by atoms with van der Waals surface area (Å²) in [6.45, 7) is 8.10. The zero-order valence-corrected chi connectivity index (χ0v) is 23.3. The number of imidazole rings is 1. The SMILES string of the molecule is CCn1c(CSc2nc3cc(SN4CCOCC4)ccc3o2)nc2c1c(=O)[nH]c(=O)n2Cc1ccc(C)cc1. The number of nitrogens with one attached hydrogen (secondary N) is 1. The quantitative estimate of drug-likeness (QED) is 0.221. The summed E-state index contributed by atoms with van der Waals surface area (Å²) >= 11 is 3.11. The van der Waals surface area contributed by atoms with Gasteiger partial charge in [0.15, 0.2) is 16.7 Å². The Morgan fingerprint density at radius 3 is 2.59 bits per heavy atom. The summed E-state index contributed by atoms with van der Waals surface area (Å²) in [6.07, 6.45) is 0. The Morgan fingerprint density at radius 2 is 1.82 bits per heavy atom. The van der Waals surface area contributed by atoms with Crippen LogP contribution in [0.25, 0.3) is 22.3 Å². The third-order valence-corrected chi connectivity index (χ3v) is 8.52. The van der Waals surface area contributed by atoms with Crippen LogP contribution >= 0.6 is 23.7 Å². The third kappa shape index (κ3) is 5.42. The molecule has 202 valence electrons. The molecule has 0 amide bonds. The lowest BCUT2D eigenvalue weighted by atomic mass is 10.1. The van der Waals surface area contributed by atoms with Crippen LogP contribution in [-0.4, -0.2) is 54.7 Å². The van der Waals surface area contributed by atoms with Gasteiger partial charge < -0.3 is 13.7 Å². The van der Waals surface area contributed by atoms with Crippen LogP contribution in [0.1, 0.15) is 23.9 Å². The van der Waals surface area contributed by atoms with Crippen molar-refractivity contribution in [1.29, 1.82) is 0 Å². The Labute approximate surface area is 232 Å². The van der Waals surface area contributed by atoms with Gasteiger partial charge >= 0.3 is 5.69 Å². The lowest BCUT2D eigenvalue weighted by molar-refractivity contribution is 0.0773. The number of aromatic nitrogens is 5. The van der Waals surface area contributed by atoms with E-state index in [0.717, 1.165) is 53.4 Å². The largest absolute Gasteiger partial charge is 0.431 e. The van der Waals surface area contributed by atoms with E-state index in [1.54, 1.807) is 11.9 Å². The monoisotopic (exact) mass is 564 g/mol. The molecular weight excluding hydrogens is 536 g/mol. The molecule has 0 aliphatic carbocycles. The molecule has 12 heteroatoms. The fraction of sp³-hybridized carbons (Fsp3) is 0.333. The van der Waals surface area contributed by atoms with Crippen molar-refractivity contribution in [1.82, 2.24) is 28.4 Å². The van der Waals surface area contributed by atoms with E-state index in [-0.39, 0.29) is 0 Å². The smallest absolute Gasteiger partial charge is 0.330 e. The predicted octanol–water partition coefficient (Wildman–Crippen LogP) is 4.04. The molecule has 1 aliphatic rings. The highest BCUT2D eigenvalue weighted by Gasteiger charge is 2.19. The Balaban J connectivity index is 1.26. The lowest BCUT2D eigenvalue weighted by Gasteiger charge is -2.25. The minimum atomic E-state index is -0.474. The molecule has 3 aromatic heterocycles. The van der Waals surface area contributed by atoms with E-state index in [1.807, 2.05) is 60.9 Å². The molecule has 0 radical (unpaired) electrons. The number of aryl methyl sites for hydroxylation is 2. The molecule has 4 heterocycles. The highest BCUT2D eigenvalue weighted by atomic mass is 32.2. The molecule has 39 heavy (non-hydrogen) atoms. The number of ether oxygens (including phenoxy) is 1. The maximum Gasteiger partial charge on any atom is 0.330 e. The van der Waals surface area contributed by atoms with Gasteiger partial charge in [-0.2, -0.15) is 0 Å². The number of oxazole rings is 1. The standard InChI is InChI=1S/C27H28N6O4S2/c1-3-32-22(29-24-23(32)25(34)30-26(35)33(24)15-18-6-4-17(2)5-7-18)16-38-27-28-20-14-19(8-9-21(20)37-27)39-31-10-12-36-13-11-31/h4-9,14H,3,10-13,15-16H2,1-2H3,(H,30,34,35). The molecule has 1 aliphatic heterocycles. The van der Waals surface area contributed by atoms with Gasteiger partial charge in [0.25, 0.3) is 10.8 Å². The molecule has 1 fully saturated rings. The Kier molecular flexibility index (Phi) is 7.34. The number of rotatable bonds is 8. The third-order valence-electron chi connectivity index (χ3n) is 6.61. The molecule has 5 aromatic rings. The number of benzene rings is 2. The molecule has 0 spiro atoms. The second kappa shape index (κ2) is 11.0. The van der Waals surface area contributed by atoms with Gasteiger partial charge in [-0.05, 0) is 49.6 Å². The van der Waals surface area contributed by atoms with E-state index in [1.165, 1.54) is 16.3 Å². The summed E-state index contributed by atoms with van der Waals surface area (Å²) in [4.78, 5) is 38.6. The molecule has 0 atom stereocenters. The maximum absolute atomic E-state index is 12.8. The normalized spacial score (nSPS) is 14.5. The molecule has 6 rings (SSSR count). The maximum atomic E-state index is 12.8. The number of nitrogens with zero attached hydrogens (tertiary/aromatic N) is 5. The van der Waals surface area contributed by atoms with Gasteiger partial charge in [0.05, 0.1) is 25.5 Å². The van der Waals surface area contributed by atoms with Crippen molar-refractivity contribution in [2.75, 3.05) is 26.3 Å². The van der Waals surface area contributed by atoms with E-state index >= 15 is 0 Å². The van der Waals surface area contributed by atoms with Crippen LogP contribution in [0.5, 0.6) is 0 Å². The summed E-state index contributed by atoms with van der Waals surface area (Å²) in [5.74, 6) is 1.11. The minimum absolute atomic E-state index is 0.315. The van der Waals surface area contributed by atoms with E-state index in [0.29, 0.717) is 41.1 Å². The Hall–Kier alpha value is -3.32. The second-order valence-corrected chi connectivity index (χ2v) is 11.4. The Morgan fingerprint density at radius 1 is 1.03 bits per heavy atom. The second-order valence-electron chi connectivity index (χ2n) is 9.31. The molecule has 0 bridgehead atoms. The highest BCUT2D eigenvalue weighted by molar-refractivity contribution is 7.98. The molecule has 1 saturated heterocycles. The topological polar surface area (TPSA) is 111 Å². The van der Waals surface area contributed by atoms with Crippen LogP contribution in [0, 0.1) is 6.92 Å². The van der Waals surface area contributed by atoms with Gasteiger partial charge in [-0.15, -0.1) is 0 Å².